The van der Waals surface area contributed by atoms with Gasteiger partial charge in [-0.25, -0.2) is 30.4 Å². The van der Waals surface area contributed by atoms with Crippen molar-refractivity contribution in [1.29, 1.82) is 0 Å². The molecule has 0 radical (unpaired) electrons. The summed E-state index contributed by atoms with van der Waals surface area (Å²) in [5.41, 5.74) is 0. The van der Waals surface area contributed by atoms with Gasteiger partial charge in [0.25, 0.3) is 0 Å². The molecule has 0 aliphatic heterocycles. The molecule has 0 N–H and O–H groups in total. The van der Waals surface area contributed by atoms with Gasteiger partial charge in [0, 0.05) is 23.3 Å². The minimum absolute atomic E-state index is 0. The zero-order chi connectivity index (χ0) is 79.9. The van der Waals surface area contributed by atoms with Crippen LogP contribution in [0, 0.1) is 0 Å². The maximum Gasteiger partial charge on any atom is 2.00 e. The number of aliphatic carboxylic acids is 12. The van der Waals surface area contributed by atoms with Crippen molar-refractivity contribution in [2.24, 2.45) is 0 Å². The molecule has 0 aromatic rings. The summed E-state index contributed by atoms with van der Waals surface area (Å²) in [6.45, 7) is 45.3. The van der Waals surface area contributed by atoms with Crippen LogP contribution in [-0.4, -0.2) is 161 Å². The van der Waals surface area contributed by atoms with Gasteiger partial charge in [0.05, 0.1) is 71.6 Å². The molecule has 0 atom stereocenters. The van der Waals surface area contributed by atoms with Crippen molar-refractivity contribution in [2.75, 3.05) is 12.5 Å². The first-order chi connectivity index (χ1) is 42.6. The summed E-state index contributed by atoms with van der Waals surface area (Å²) in [6, 6.07) is 0.0648. The van der Waals surface area contributed by atoms with E-state index in [-0.39, 0.29) is 318 Å². The van der Waals surface area contributed by atoms with Crippen LogP contribution < -0.4 is 61.3 Å². The molecule has 0 spiro atoms. The summed E-state index contributed by atoms with van der Waals surface area (Å²) in [7, 11) is -12.7. The quantitative estimate of drug-likeness (QED) is 0.0517. The Hall–Kier alpha value is 2.18. The molecule has 0 saturated carbocycles. The largest absolute Gasteiger partial charge is 2.00 e. The van der Waals surface area contributed by atoms with Crippen LogP contribution in [0.25, 0.3) is 61.0 Å². The molecule has 0 unspecified atom stereocenters. The Bertz CT molecular complexity index is 1990. The Kier molecular flexibility index (Phi) is 160. The van der Waals surface area contributed by atoms with Crippen molar-refractivity contribution in [2.45, 2.75) is 239 Å². The van der Waals surface area contributed by atoms with Gasteiger partial charge < -0.3 is 198 Å². The second-order valence-electron chi connectivity index (χ2n) is 20.8. The van der Waals surface area contributed by atoms with Gasteiger partial charge in [0.2, 0.25) is 0 Å². The minimum atomic E-state index is -3.01. The third-order valence-corrected chi connectivity index (χ3v) is 14.7. The summed E-state index contributed by atoms with van der Waals surface area (Å²) in [5.74, 6) is -26.2. The molecule has 58 heteroatoms. The monoisotopic (exact) mass is 2750 g/mol. The first-order valence-electron chi connectivity index (χ1n) is 27.5. The summed E-state index contributed by atoms with van der Waals surface area (Å²) >= 11 is 0. The molecule has 0 aromatic heterocycles. The fourth-order valence-corrected chi connectivity index (χ4v) is 11.9. The average Bonchev–Trinajstić information content (AvgIpc) is 0.899. The van der Waals surface area contributed by atoms with Crippen molar-refractivity contribution in [1.82, 2.24) is 0 Å². The molecule has 41 nitrogen and oxygen atoms in total. The Balaban J connectivity index is -0.0000000355. The zero-order valence-electron chi connectivity index (χ0n) is 62.1. The van der Waals surface area contributed by atoms with E-state index in [1.165, 1.54) is 0 Å². The fourth-order valence-electron chi connectivity index (χ4n) is 3.97. The Labute approximate surface area is 801 Å². The van der Waals surface area contributed by atoms with E-state index >= 15 is 0 Å². The predicted molar refractivity (Wildman–Crippen MR) is 332 cm³/mol. The summed E-state index contributed by atoms with van der Waals surface area (Å²) in [6.07, 6.45) is 3.28. The van der Waals surface area contributed by atoms with Gasteiger partial charge in [-0.1, -0.05) is 166 Å². The zero-order valence-corrected chi connectivity index (χ0v) is 85.2. The summed E-state index contributed by atoms with van der Waals surface area (Å²) in [5, 5.41) is 156. The van der Waals surface area contributed by atoms with E-state index in [2.05, 4.69) is 61.0 Å². The maximum atomic E-state index is 12.1. The Morgan fingerprint density at radius 2 is 0.222 bits per heavy atom. The van der Waals surface area contributed by atoms with Crippen molar-refractivity contribution >= 4 is 113 Å². The SMILES string of the molecule is CC(C)[N-]P(=O)([N-]C(C)C)[N-]C(C)C.CC(C)[N-]P(=O)([N-]C(C)C)[N-]C(C)C.CC(C)[N-]P(=O)([N-]C(C)C)[N-]C(C)C.CC(C)[N-]P(=O)([N-]C(C)C)[N-]C(C)C.CS(C)=O.O=C([O-])C(=O)[O-].O=C([O-])C(=O)[O-].O=C([O-])C(=O)[O-].O=C([O-])C(=O)[O-].O=C([O-])C(=O)[O-].O=C([O-])C(=O)[O-].[Pd+2].[Pd+2].[Pd+2].[Pd+2].[Pd+2].[Pd+2].[Pd+2].[Pd+2].[Pd+2].[Pd+2].[Pd+2].[Pd+2]. The molecule has 0 aliphatic carbocycles. The number of carboxylic acid groups (broad SMARTS) is 12. The van der Waals surface area contributed by atoms with Crippen LogP contribution in [0.4, 0.5) is 0 Å². The second-order valence-corrected chi connectivity index (χ2v) is 29.1. The standard InChI is InChI=1S/4C9H21N3OP.6C2H2O4.C2H6OS.12Pd/c4*1-7(2)10-14(13,11-8(3)4)12-9(5)6;6*3-1(4)2(5)6;1-4(2)3;;;;;;;;;;;;/h4*7-9H,1-6H3;6*(H,3,4)(H,5,6);1-2H3;;;;;;;;;;;;/q4*-3;;;;;;;;12*+2/p-12. The Morgan fingerprint density at radius 1 is 0.185 bits per heavy atom. The molecular weight excluding hydrogens is 2670 g/mol. The predicted octanol–water partition coefficient (Wildman–Crippen LogP) is -3.35. The minimum Gasteiger partial charge on any atom is -0.634 e. The van der Waals surface area contributed by atoms with Gasteiger partial charge in [-0.2, -0.15) is 0 Å². The molecule has 0 saturated heterocycles. The second kappa shape index (κ2) is 99.7. The van der Waals surface area contributed by atoms with Gasteiger partial charge in [-0.3, -0.25) is 4.21 Å². The molecule has 670 valence electrons. The van der Waals surface area contributed by atoms with E-state index in [0.717, 1.165) is 0 Å². The number of carboxylic acids is 12. The smallest absolute Gasteiger partial charge is 0.634 e. The van der Waals surface area contributed by atoms with E-state index < -0.39 is 113 Å². The van der Waals surface area contributed by atoms with Gasteiger partial charge in [0.1, 0.15) is 0 Å². The summed E-state index contributed by atoms with van der Waals surface area (Å²) < 4.78 is 58.1. The number of rotatable bonds is 24. The molecule has 0 fully saturated rings. The van der Waals surface area contributed by atoms with Crippen LogP contribution in [0.15, 0.2) is 0 Å². The third kappa shape index (κ3) is 167. The average molecular weight is 2760 g/mol. The van der Waals surface area contributed by atoms with Crippen LogP contribution in [0.3, 0.4) is 0 Å². The molecular formula is C50H90N12O29P4Pd12S. The first kappa shape index (κ1) is 173. The van der Waals surface area contributed by atoms with Crippen molar-refractivity contribution in [3.8, 4) is 0 Å². The van der Waals surface area contributed by atoms with Crippen molar-refractivity contribution < 1.29 is 386 Å². The Morgan fingerprint density at radius 3 is 0.241 bits per heavy atom. The van der Waals surface area contributed by atoms with E-state index in [1.54, 1.807) is 12.5 Å². The van der Waals surface area contributed by atoms with Crippen LogP contribution in [-0.2, 0) is 332 Å². The fraction of sp³-hybridized carbons (Fsp3) is 0.760. The normalized spacial score (nSPS) is 9.62. The molecule has 0 bridgehead atoms. The number of carbonyl (C=O) groups excluding carboxylic acids is 12. The first-order valence-corrected chi connectivity index (χ1v) is 35.7. The molecule has 108 heavy (non-hydrogen) atoms. The van der Waals surface area contributed by atoms with E-state index in [9.17, 15) is 22.5 Å². The van der Waals surface area contributed by atoms with Crippen molar-refractivity contribution in [3.63, 3.8) is 0 Å². The number of nitrogens with zero attached hydrogens (tertiary/aromatic N) is 12. The van der Waals surface area contributed by atoms with Crippen LogP contribution in [0.2, 0.25) is 0 Å². The van der Waals surface area contributed by atoms with Crippen molar-refractivity contribution in [3.05, 3.63) is 61.0 Å². The van der Waals surface area contributed by atoms with Gasteiger partial charge >= 0.3 is 245 Å². The molecule has 0 aliphatic rings. The third-order valence-electron chi connectivity index (χ3n) is 5.58. The molecule has 0 heterocycles. The molecule has 0 aromatic carbocycles. The molecule has 0 amide bonds. The van der Waals surface area contributed by atoms with Crippen LogP contribution >= 0.6 is 30.4 Å². The van der Waals surface area contributed by atoms with Crippen LogP contribution in [0.1, 0.15) is 166 Å². The van der Waals surface area contributed by atoms with Crippen LogP contribution in [0.5, 0.6) is 0 Å². The number of hydrogen-bond acceptors (Lipinski definition) is 29. The van der Waals surface area contributed by atoms with Gasteiger partial charge in [-0.05, 0) is 0 Å². The van der Waals surface area contributed by atoms with Gasteiger partial charge in [-0.15, -0.1) is 72.5 Å². The van der Waals surface area contributed by atoms with Gasteiger partial charge in [0.15, 0.2) is 0 Å². The van der Waals surface area contributed by atoms with E-state index in [4.69, 9.17) is 119 Å². The maximum absolute atomic E-state index is 12.1. The number of hydrogen-bond donors (Lipinski definition) is 0. The van der Waals surface area contributed by atoms with E-state index in [0.29, 0.717) is 0 Å². The summed E-state index contributed by atoms with van der Waals surface area (Å²) in [4.78, 5) is 107. The molecule has 0 rings (SSSR count). The topological polar surface area (TPSA) is 736 Å². The number of carbonyl (C=O) groups is 12. The van der Waals surface area contributed by atoms with E-state index in [1.807, 2.05) is 166 Å².